The van der Waals surface area contributed by atoms with E-state index < -0.39 is 12.5 Å². The molecule has 114 valence electrons. The molecule has 2 aromatic carbocycles. The number of ether oxygens (including phenoxy) is 1. The van der Waals surface area contributed by atoms with E-state index in [1.54, 1.807) is 24.3 Å². The molecule has 2 aromatic rings. The number of carbonyl (C=O) groups excluding carboxylic acids is 1. The summed E-state index contributed by atoms with van der Waals surface area (Å²) in [7, 11) is 0. The van der Waals surface area contributed by atoms with Crippen LogP contribution in [0.5, 0.6) is 5.75 Å². The molecule has 0 aromatic heterocycles. The average molecular weight is 308 g/mol. The maximum Gasteiger partial charge on any atom is 0.573 e. The first-order chi connectivity index (χ1) is 10.4. The van der Waals surface area contributed by atoms with Gasteiger partial charge in [0.05, 0.1) is 5.56 Å². The summed E-state index contributed by atoms with van der Waals surface area (Å²) < 4.78 is 40.2. The van der Waals surface area contributed by atoms with Crippen LogP contribution in [0.4, 0.5) is 18.9 Å². The topological polar surface area (TPSA) is 50.4 Å². The number of nitrogens with one attached hydrogen (secondary N) is 2. The Bertz CT molecular complexity index is 699. The van der Waals surface area contributed by atoms with Gasteiger partial charge in [-0.15, -0.1) is 13.2 Å². The van der Waals surface area contributed by atoms with E-state index in [1.165, 1.54) is 24.3 Å². The normalized spacial score (nSPS) is 17.2. The smallest absolute Gasteiger partial charge is 0.406 e. The van der Waals surface area contributed by atoms with Crippen LogP contribution in [0.3, 0.4) is 0 Å². The number of benzene rings is 2. The van der Waals surface area contributed by atoms with Gasteiger partial charge in [0.25, 0.3) is 5.91 Å². The highest BCUT2D eigenvalue weighted by Crippen LogP contribution is 2.28. The molecule has 0 saturated carbocycles. The van der Waals surface area contributed by atoms with E-state index in [-0.39, 0.29) is 11.7 Å². The predicted octanol–water partition coefficient (Wildman–Crippen LogP) is 3.44. The van der Waals surface area contributed by atoms with Crippen LogP contribution in [-0.4, -0.2) is 12.3 Å². The van der Waals surface area contributed by atoms with Gasteiger partial charge < -0.3 is 15.4 Å². The van der Waals surface area contributed by atoms with Crippen LogP contribution in [-0.2, 0) is 0 Å². The van der Waals surface area contributed by atoms with Gasteiger partial charge in [-0.25, -0.2) is 0 Å². The Balaban J connectivity index is 1.80. The number of rotatable bonds is 2. The molecule has 0 spiro atoms. The largest absolute Gasteiger partial charge is 0.573 e. The molecular weight excluding hydrogens is 297 g/mol. The van der Waals surface area contributed by atoms with Crippen LogP contribution in [0, 0.1) is 0 Å². The van der Waals surface area contributed by atoms with Crippen molar-refractivity contribution >= 4 is 11.6 Å². The number of halogens is 3. The lowest BCUT2D eigenvalue weighted by molar-refractivity contribution is -0.274. The van der Waals surface area contributed by atoms with E-state index in [1.807, 2.05) is 0 Å². The van der Waals surface area contributed by atoms with E-state index in [0.717, 1.165) is 0 Å². The monoisotopic (exact) mass is 308 g/mol. The molecule has 0 saturated heterocycles. The quantitative estimate of drug-likeness (QED) is 0.893. The van der Waals surface area contributed by atoms with Crippen LogP contribution < -0.4 is 15.4 Å². The fourth-order valence-electron chi connectivity index (χ4n) is 2.24. The van der Waals surface area contributed by atoms with Gasteiger partial charge in [-0.2, -0.15) is 0 Å². The van der Waals surface area contributed by atoms with Gasteiger partial charge >= 0.3 is 6.36 Å². The van der Waals surface area contributed by atoms with Gasteiger partial charge in [-0.1, -0.05) is 24.3 Å². The maximum absolute atomic E-state index is 12.1. The summed E-state index contributed by atoms with van der Waals surface area (Å²) in [4.78, 5) is 12.0. The molecule has 7 heteroatoms. The summed E-state index contributed by atoms with van der Waals surface area (Å²) in [5, 5.41) is 5.86. The number of carbonyl (C=O) groups is 1. The molecule has 1 amide bonds. The molecule has 1 atom stereocenters. The zero-order valence-electron chi connectivity index (χ0n) is 11.1. The van der Waals surface area contributed by atoms with Crippen molar-refractivity contribution < 1.29 is 22.7 Å². The van der Waals surface area contributed by atoms with Crippen molar-refractivity contribution in [1.29, 1.82) is 0 Å². The number of hydrogen-bond donors (Lipinski definition) is 2. The molecule has 0 bridgehead atoms. The zero-order chi connectivity index (χ0) is 15.7. The van der Waals surface area contributed by atoms with E-state index >= 15 is 0 Å². The lowest BCUT2D eigenvalue weighted by atomic mass is 10.1. The van der Waals surface area contributed by atoms with Crippen LogP contribution in [0.25, 0.3) is 0 Å². The molecule has 4 nitrogen and oxygen atoms in total. The van der Waals surface area contributed by atoms with Crippen molar-refractivity contribution in [3.05, 3.63) is 59.7 Å². The van der Waals surface area contributed by atoms with E-state index in [0.29, 0.717) is 16.8 Å². The van der Waals surface area contributed by atoms with Crippen LogP contribution in [0.2, 0.25) is 0 Å². The highest BCUT2D eigenvalue weighted by atomic mass is 19.4. The summed E-state index contributed by atoms with van der Waals surface area (Å²) in [6, 6.07) is 12.3. The third kappa shape index (κ3) is 2.98. The second kappa shape index (κ2) is 5.25. The molecule has 22 heavy (non-hydrogen) atoms. The standard InChI is InChI=1S/C15H11F3N2O2/c16-15(17,18)22-10-7-5-9(6-8-10)13-19-12-4-2-1-3-11(12)14(21)20-13/h1-8,13,19H,(H,20,21)/t13-/m1/s1. The second-order valence-electron chi connectivity index (χ2n) is 4.71. The summed E-state index contributed by atoms with van der Waals surface area (Å²) in [5.74, 6) is -0.547. The molecule has 1 heterocycles. The molecule has 0 radical (unpaired) electrons. The number of para-hydroxylation sites is 1. The first kappa shape index (κ1) is 14.2. The van der Waals surface area contributed by atoms with E-state index in [2.05, 4.69) is 15.4 Å². The highest BCUT2D eigenvalue weighted by molar-refractivity contribution is 6.01. The van der Waals surface area contributed by atoms with Crippen molar-refractivity contribution in [2.45, 2.75) is 12.5 Å². The Hall–Kier alpha value is -2.70. The van der Waals surface area contributed by atoms with Crippen molar-refractivity contribution in [1.82, 2.24) is 5.32 Å². The third-order valence-corrected chi connectivity index (χ3v) is 3.19. The summed E-state index contributed by atoms with van der Waals surface area (Å²) in [6.07, 6.45) is -5.24. The van der Waals surface area contributed by atoms with E-state index in [4.69, 9.17) is 0 Å². The SMILES string of the molecule is O=C1N[C@H](c2ccc(OC(F)(F)F)cc2)Nc2ccccc21. The number of fused-ring (bicyclic) bond motifs is 1. The van der Waals surface area contributed by atoms with Gasteiger partial charge in [-0.05, 0) is 29.8 Å². The Morgan fingerprint density at radius 2 is 1.64 bits per heavy atom. The number of hydrogen-bond acceptors (Lipinski definition) is 3. The average Bonchev–Trinajstić information content (AvgIpc) is 2.46. The summed E-state index contributed by atoms with van der Waals surface area (Å²) in [6.45, 7) is 0. The molecule has 1 aliphatic rings. The Morgan fingerprint density at radius 1 is 0.955 bits per heavy atom. The first-order valence-corrected chi connectivity index (χ1v) is 6.44. The number of alkyl halides is 3. The lowest BCUT2D eigenvalue weighted by Gasteiger charge is -2.28. The number of amides is 1. The van der Waals surface area contributed by atoms with Crippen molar-refractivity contribution in [2.75, 3.05) is 5.32 Å². The van der Waals surface area contributed by atoms with Crippen LogP contribution in [0.15, 0.2) is 48.5 Å². The summed E-state index contributed by atoms with van der Waals surface area (Å²) in [5.41, 5.74) is 1.82. The van der Waals surface area contributed by atoms with Crippen LogP contribution >= 0.6 is 0 Å². The van der Waals surface area contributed by atoms with Crippen molar-refractivity contribution in [3.8, 4) is 5.75 Å². The van der Waals surface area contributed by atoms with Gasteiger partial charge in [0.15, 0.2) is 0 Å². The Morgan fingerprint density at radius 3 is 2.32 bits per heavy atom. The fraction of sp³-hybridized carbons (Fsp3) is 0.133. The van der Waals surface area contributed by atoms with Gasteiger partial charge in [0.2, 0.25) is 0 Å². The molecule has 1 aliphatic heterocycles. The predicted molar refractivity (Wildman–Crippen MR) is 73.4 cm³/mol. The Labute approximate surface area is 123 Å². The Kier molecular flexibility index (Phi) is 3.40. The second-order valence-corrected chi connectivity index (χ2v) is 4.71. The first-order valence-electron chi connectivity index (χ1n) is 6.44. The van der Waals surface area contributed by atoms with Crippen LogP contribution in [0.1, 0.15) is 22.1 Å². The number of anilines is 1. The van der Waals surface area contributed by atoms with E-state index in [9.17, 15) is 18.0 Å². The minimum absolute atomic E-state index is 0.241. The molecule has 0 unspecified atom stereocenters. The minimum Gasteiger partial charge on any atom is -0.406 e. The molecular formula is C15H11F3N2O2. The molecule has 0 fully saturated rings. The highest BCUT2D eigenvalue weighted by Gasteiger charge is 2.31. The van der Waals surface area contributed by atoms with Crippen molar-refractivity contribution in [3.63, 3.8) is 0 Å². The maximum atomic E-state index is 12.1. The molecule has 0 aliphatic carbocycles. The minimum atomic E-state index is -4.72. The molecule has 3 rings (SSSR count). The van der Waals surface area contributed by atoms with Crippen molar-refractivity contribution in [2.24, 2.45) is 0 Å². The summed E-state index contributed by atoms with van der Waals surface area (Å²) >= 11 is 0. The molecule has 2 N–H and O–H groups in total. The van der Waals surface area contributed by atoms with Gasteiger partial charge in [-0.3, -0.25) is 4.79 Å². The lowest BCUT2D eigenvalue weighted by Crippen LogP contribution is -2.38. The van der Waals surface area contributed by atoms with Gasteiger partial charge in [0, 0.05) is 5.69 Å². The zero-order valence-corrected chi connectivity index (χ0v) is 11.1. The van der Waals surface area contributed by atoms with Gasteiger partial charge in [0.1, 0.15) is 11.9 Å². The third-order valence-electron chi connectivity index (χ3n) is 3.19. The fourth-order valence-corrected chi connectivity index (χ4v) is 2.24.